The van der Waals surface area contributed by atoms with Gasteiger partial charge in [-0.05, 0) is 26.8 Å². The Balaban J connectivity index is 2.86. The Morgan fingerprint density at radius 2 is 2.06 bits per heavy atom. The van der Waals surface area contributed by atoms with Gasteiger partial charge in [0.2, 0.25) is 0 Å². The molecule has 0 radical (unpaired) electrons. The Morgan fingerprint density at radius 1 is 1.33 bits per heavy atom. The first-order valence-corrected chi connectivity index (χ1v) is 7.10. The summed E-state index contributed by atoms with van der Waals surface area (Å²) in [6.45, 7) is 8.66. The number of nitrogens with zero attached hydrogens (tertiary/aromatic N) is 1. The van der Waals surface area contributed by atoms with E-state index in [9.17, 15) is 0 Å². The molecule has 0 aliphatic rings. The van der Waals surface area contributed by atoms with Crippen molar-refractivity contribution in [2.45, 2.75) is 45.9 Å². The molecule has 0 unspecified atom stereocenters. The van der Waals surface area contributed by atoms with E-state index in [-0.39, 0.29) is 5.60 Å². The first-order valence-electron chi connectivity index (χ1n) is 6.29. The Kier molecular flexibility index (Phi) is 6.21. The van der Waals surface area contributed by atoms with Crippen LogP contribution in [-0.4, -0.2) is 25.7 Å². The van der Waals surface area contributed by atoms with E-state index in [1.165, 1.54) is 4.88 Å². The van der Waals surface area contributed by atoms with Crippen LogP contribution in [-0.2, 0) is 28.2 Å². The van der Waals surface area contributed by atoms with Crippen LogP contribution >= 0.6 is 11.3 Å². The standard InChI is InChI=1S/C13H24N2O2S/c1-6-7-14-8-11-10(9-16-4)15-12(18-11)13(2,3)17-5/h14H,6-9H2,1-5H3. The molecular weight excluding hydrogens is 248 g/mol. The molecule has 1 aromatic rings. The zero-order chi connectivity index (χ0) is 13.6. The largest absolute Gasteiger partial charge is 0.378 e. The maximum absolute atomic E-state index is 5.48. The lowest BCUT2D eigenvalue weighted by atomic mass is 10.1. The fourth-order valence-corrected chi connectivity index (χ4v) is 2.61. The molecule has 0 saturated carbocycles. The second kappa shape index (κ2) is 7.19. The normalized spacial score (nSPS) is 12.1. The minimum absolute atomic E-state index is 0.337. The van der Waals surface area contributed by atoms with Crippen LogP contribution in [0.15, 0.2) is 0 Å². The van der Waals surface area contributed by atoms with Crippen molar-refractivity contribution >= 4 is 11.3 Å². The number of rotatable bonds is 8. The van der Waals surface area contributed by atoms with Crippen molar-refractivity contribution in [3.05, 3.63) is 15.6 Å². The number of methoxy groups -OCH3 is 2. The maximum atomic E-state index is 5.48. The minimum atomic E-state index is -0.337. The van der Waals surface area contributed by atoms with Gasteiger partial charge in [-0.1, -0.05) is 6.92 Å². The smallest absolute Gasteiger partial charge is 0.125 e. The lowest BCUT2D eigenvalue weighted by Gasteiger charge is -2.19. The molecule has 0 bridgehead atoms. The zero-order valence-electron chi connectivity index (χ0n) is 12.0. The van der Waals surface area contributed by atoms with Crippen molar-refractivity contribution in [2.75, 3.05) is 20.8 Å². The summed E-state index contributed by atoms with van der Waals surface area (Å²) in [6, 6.07) is 0. The highest BCUT2D eigenvalue weighted by molar-refractivity contribution is 7.11. The number of thiazole rings is 1. The fraction of sp³-hybridized carbons (Fsp3) is 0.769. The number of hydrogen-bond donors (Lipinski definition) is 1. The third kappa shape index (κ3) is 4.02. The zero-order valence-corrected chi connectivity index (χ0v) is 12.8. The third-order valence-corrected chi connectivity index (χ3v) is 4.20. The predicted molar refractivity (Wildman–Crippen MR) is 74.9 cm³/mol. The molecule has 0 aromatic carbocycles. The van der Waals surface area contributed by atoms with Gasteiger partial charge in [-0.25, -0.2) is 4.98 Å². The summed E-state index contributed by atoms with van der Waals surface area (Å²) in [5, 5.41) is 4.41. The van der Waals surface area contributed by atoms with Crippen LogP contribution in [0.4, 0.5) is 0 Å². The summed E-state index contributed by atoms with van der Waals surface area (Å²) in [4.78, 5) is 5.89. The monoisotopic (exact) mass is 272 g/mol. The van der Waals surface area contributed by atoms with Crippen molar-refractivity contribution in [1.82, 2.24) is 10.3 Å². The number of nitrogens with one attached hydrogen (secondary N) is 1. The van der Waals surface area contributed by atoms with Gasteiger partial charge in [0.1, 0.15) is 10.6 Å². The fourth-order valence-electron chi connectivity index (χ4n) is 1.49. The van der Waals surface area contributed by atoms with E-state index in [1.54, 1.807) is 25.6 Å². The van der Waals surface area contributed by atoms with Gasteiger partial charge in [-0.15, -0.1) is 11.3 Å². The molecule has 0 aliphatic carbocycles. The van der Waals surface area contributed by atoms with Crippen molar-refractivity contribution in [3.8, 4) is 0 Å². The van der Waals surface area contributed by atoms with Crippen LogP contribution in [0, 0.1) is 0 Å². The molecule has 1 N–H and O–H groups in total. The molecule has 0 amide bonds. The summed E-state index contributed by atoms with van der Waals surface area (Å²) in [7, 11) is 3.41. The SMILES string of the molecule is CCCNCc1sc(C(C)(C)OC)nc1COC. The van der Waals surface area contributed by atoms with Gasteiger partial charge in [0.05, 0.1) is 12.3 Å². The van der Waals surface area contributed by atoms with Crippen LogP contribution in [0.3, 0.4) is 0 Å². The lowest BCUT2D eigenvalue weighted by Crippen LogP contribution is -2.19. The van der Waals surface area contributed by atoms with E-state index < -0.39 is 0 Å². The van der Waals surface area contributed by atoms with E-state index in [4.69, 9.17) is 9.47 Å². The summed E-state index contributed by atoms with van der Waals surface area (Å²) in [5.41, 5.74) is 0.683. The van der Waals surface area contributed by atoms with Crippen LogP contribution in [0.2, 0.25) is 0 Å². The average molecular weight is 272 g/mol. The molecule has 4 nitrogen and oxygen atoms in total. The highest BCUT2D eigenvalue weighted by atomic mass is 32.1. The first-order chi connectivity index (χ1) is 8.55. The molecule has 1 rings (SSSR count). The average Bonchev–Trinajstić information content (AvgIpc) is 2.74. The molecule has 1 heterocycles. The van der Waals surface area contributed by atoms with Crippen LogP contribution in [0.1, 0.15) is 42.8 Å². The van der Waals surface area contributed by atoms with Gasteiger partial charge in [0, 0.05) is 25.6 Å². The maximum Gasteiger partial charge on any atom is 0.125 e. The molecule has 0 aliphatic heterocycles. The summed E-state index contributed by atoms with van der Waals surface area (Å²) in [5.74, 6) is 0. The molecule has 18 heavy (non-hydrogen) atoms. The third-order valence-electron chi connectivity index (χ3n) is 2.80. The Morgan fingerprint density at radius 3 is 2.61 bits per heavy atom. The van der Waals surface area contributed by atoms with Crippen molar-refractivity contribution < 1.29 is 9.47 Å². The van der Waals surface area contributed by atoms with Crippen molar-refractivity contribution in [1.29, 1.82) is 0 Å². The van der Waals surface area contributed by atoms with Crippen LogP contribution < -0.4 is 5.32 Å². The molecule has 0 spiro atoms. The summed E-state index contributed by atoms with van der Waals surface area (Å²) >= 11 is 1.70. The van der Waals surface area contributed by atoms with Crippen LogP contribution in [0.25, 0.3) is 0 Å². The van der Waals surface area contributed by atoms with Gasteiger partial charge < -0.3 is 14.8 Å². The molecule has 104 valence electrons. The lowest BCUT2D eigenvalue weighted by molar-refractivity contribution is 0.0187. The van der Waals surface area contributed by atoms with Crippen molar-refractivity contribution in [3.63, 3.8) is 0 Å². The van der Waals surface area contributed by atoms with Gasteiger partial charge in [0.15, 0.2) is 0 Å². The van der Waals surface area contributed by atoms with E-state index in [0.29, 0.717) is 6.61 Å². The van der Waals surface area contributed by atoms with Gasteiger partial charge >= 0.3 is 0 Å². The first kappa shape index (κ1) is 15.6. The van der Waals surface area contributed by atoms with E-state index >= 15 is 0 Å². The van der Waals surface area contributed by atoms with Gasteiger partial charge in [-0.2, -0.15) is 0 Å². The Hall–Kier alpha value is -0.490. The molecular formula is C13H24N2O2S. The number of aromatic nitrogens is 1. The van der Waals surface area contributed by atoms with Gasteiger partial charge in [0.25, 0.3) is 0 Å². The topological polar surface area (TPSA) is 43.4 Å². The van der Waals surface area contributed by atoms with Crippen LogP contribution in [0.5, 0.6) is 0 Å². The minimum Gasteiger partial charge on any atom is -0.378 e. The Labute approximate surface area is 114 Å². The molecule has 0 atom stereocenters. The number of ether oxygens (including phenoxy) is 2. The quantitative estimate of drug-likeness (QED) is 0.739. The summed E-state index contributed by atoms with van der Waals surface area (Å²) in [6.07, 6.45) is 1.13. The molecule has 0 fully saturated rings. The van der Waals surface area contributed by atoms with Gasteiger partial charge in [-0.3, -0.25) is 0 Å². The number of hydrogen-bond acceptors (Lipinski definition) is 5. The second-order valence-electron chi connectivity index (χ2n) is 4.71. The Bertz CT molecular complexity index is 364. The second-order valence-corrected chi connectivity index (χ2v) is 5.80. The predicted octanol–water partition coefficient (Wildman–Crippen LogP) is 2.67. The molecule has 1 aromatic heterocycles. The summed E-state index contributed by atoms with van der Waals surface area (Å²) < 4.78 is 10.7. The molecule has 5 heteroatoms. The highest BCUT2D eigenvalue weighted by Gasteiger charge is 2.25. The highest BCUT2D eigenvalue weighted by Crippen LogP contribution is 2.30. The van der Waals surface area contributed by atoms with Crippen molar-refractivity contribution in [2.24, 2.45) is 0 Å². The van der Waals surface area contributed by atoms with E-state index in [1.807, 2.05) is 13.8 Å². The van der Waals surface area contributed by atoms with E-state index in [2.05, 4.69) is 17.2 Å². The van der Waals surface area contributed by atoms with E-state index in [0.717, 1.165) is 30.2 Å². The molecule has 0 saturated heterocycles.